The van der Waals surface area contributed by atoms with Gasteiger partial charge in [-0.15, -0.1) is 6.42 Å². The van der Waals surface area contributed by atoms with Gasteiger partial charge in [-0.2, -0.15) is 5.10 Å². The number of hydrogen-bond acceptors (Lipinski definition) is 2. The fraction of sp³-hybridized carbons (Fsp3) is 0.200. The van der Waals surface area contributed by atoms with Crippen molar-refractivity contribution in [3.8, 4) is 12.3 Å². The molecule has 0 bridgehead atoms. The summed E-state index contributed by atoms with van der Waals surface area (Å²) in [7, 11) is 0. The Morgan fingerprint density at radius 2 is 2.78 bits per heavy atom. The number of rotatable bonds is 1. The first kappa shape index (κ1) is 5.63. The maximum Gasteiger partial charge on any atom is 0.343 e. The largest absolute Gasteiger partial charge is 0.343 e. The molecule has 0 amide bonds. The van der Waals surface area contributed by atoms with Crippen LogP contribution in [0.4, 0.5) is 0 Å². The van der Waals surface area contributed by atoms with Crippen molar-refractivity contribution in [2.75, 3.05) is 0 Å². The first-order valence-corrected chi connectivity index (χ1v) is 2.38. The van der Waals surface area contributed by atoms with E-state index in [2.05, 4.69) is 16.1 Å². The Labute approximate surface area is 51.5 Å². The summed E-state index contributed by atoms with van der Waals surface area (Å²) in [5.41, 5.74) is -0.270. The van der Waals surface area contributed by atoms with Crippen LogP contribution in [0.25, 0.3) is 0 Å². The van der Waals surface area contributed by atoms with Crippen molar-refractivity contribution in [2.24, 2.45) is 0 Å². The summed E-state index contributed by atoms with van der Waals surface area (Å²) in [6, 6.07) is 0. The minimum absolute atomic E-state index is 0.270. The van der Waals surface area contributed by atoms with Crippen LogP contribution in [0.5, 0.6) is 0 Å². The molecule has 4 heteroatoms. The van der Waals surface area contributed by atoms with Gasteiger partial charge in [0.15, 0.2) is 0 Å². The van der Waals surface area contributed by atoms with E-state index in [1.54, 1.807) is 0 Å². The van der Waals surface area contributed by atoms with Gasteiger partial charge < -0.3 is 0 Å². The molecule has 0 aliphatic carbocycles. The van der Waals surface area contributed by atoms with E-state index in [1.165, 1.54) is 10.9 Å². The van der Waals surface area contributed by atoms with Gasteiger partial charge in [-0.1, -0.05) is 5.92 Å². The minimum Gasteiger partial charge on any atom is -0.270 e. The van der Waals surface area contributed by atoms with Gasteiger partial charge in [-0.3, -0.25) is 4.57 Å². The second-order valence-electron chi connectivity index (χ2n) is 1.49. The quantitative estimate of drug-likeness (QED) is 0.497. The Kier molecular flexibility index (Phi) is 1.36. The molecular formula is C5H5N3O. The summed E-state index contributed by atoms with van der Waals surface area (Å²) in [5, 5.41) is 5.69. The Morgan fingerprint density at radius 1 is 2.00 bits per heavy atom. The molecule has 1 heterocycles. The summed E-state index contributed by atoms with van der Waals surface area (Å²) in [6.45, 7) is 0.273. The predicted molar refractivity (Wildman–Crippen MR) is 31.7 cm³/mol. The van der Waals surface area contributed by atoms with Crippen molar-refractivity contribution in [1.29, 1.82) is 0 Å². The molecule has 0 atom stereocenters. The molecule has 0 aliphatic heterocycles. The minimum atomic E-state index is -0.270. The highest BCUT2D eigenvalue weighted by Gasteiger charge is 1.90. The zero-order chi connectivity index (χ0) is 6.69. The first-order chi connectivity index (χ1) is 4.34. The maximum atomic E-state index is 10.6. The third-order valence-corrected chi connectivity index (χ3v) is 0.880. The van der Waals surface area contributed by atoms with Crippen LogP contribution < -0.4 is 5.69 Å². The van der Waals surface area contributed by atoms with Crippen molar-refractivity contribution in [3.63, 3.8) is 0 Å². The second kappa shape index (κ2) is 2.18. The first-order valence-electron chi connectivity index (χ1n) is 2.38. The van der Waals surface area contributed by atoms with Crippen LogP contribution in [0.15, 0.2) is 11.1 Å². The van der Waals surface area contributed by atoms with Crippen LogP contribution in [0.3, 0.4) is 0 Å². The molecule has 0 saturated carbocycles. The molecule has 4 nitrogen and oxygen atoms in total. The maximum absolute atomic E-state index is 10.6. The molecule has 9 heavy (non-hydrogen) atoms. The van der Waals surface area contributed by atoms with Crippen molar-refractivity contribution < 1.29 is 0 Å². The lowest BCUT2D eigenvalue weighted by Crippen LogP contribution is -2.15. The highest BCUT2D eigenvalue weighted by atomic mass is 16.1. The third kappa shape index (κ3) is 0.995. The number of aromatic amines is 1. The van der Waals surface area contributed by atoms with Gasteiger partial charge in [0, 0.05) is 0 Å². The molecule has 0 fully saturated rings. The number of terminal acetylenes is 1. The van der Waals surface area contributed by atoms with Crippen molar-refractivity contribution in [1.82, 2.24) is 14.8 Å². The Hall–Kier alpha value is -1.50. The van der Waals surface area contributed by atoms with Gasteiger partial charge in [-0.25, -0.2) is 9.89 Å². The molecule has 0 radical (unpaired) electrons. The summed E-state index contributed by atoms with van der Waals surface area (Å²) >= 11 is 0. The smallest absolute Gasteiger partial charge is 0.270 e. The van der Waals surface area contributed by atoms with E-state index < -0.39 is 0 Å². The van der Waals surface area contributed by atoms with Gasteiger partial charge in [-0.05, 0) is 0 Å². The SMILES string of the molecule is C#CCn1cn[nH]c1=O. The summed E-state index contributed by atoms with van der Waals surface area (Å²) < 4.78 is 1.31. The van der Waals surface area contributed by atoms with E-state index in [0.29, 0.717) is 0 Å². The van der Waals surface area contributed by atoms with Gasteiger partial charge >= 0.3 is 5.69 Å². The van der Waals surface area contributed by atoms with Crippen molar-refractivity contribution >= 4 is 0 Å². The highest BCUT2D eigenvalue weighted by Crippen LogP contribution is 1.69. The lowest BCUT2D eigenvalue weighted by molar-refractivity contribution is 0.798. The van der Waals surface area contributed by atoms with Crippen LogP contribution >= 0.6 is 0 Å². The van der Waals surface area contributed by atoms with Gasteiger partial charge in [0.05, 0.1) is 6.54 Å². The summed E-state index contributed by atoms with van der Waals surface area (Å²) in [6.07, 6.45) is 6.30. The molecule has 1 N–H and O–H groups in total. The van der Waals surface area contributed by atoms with Crippen LogP contribution in [0.2, 0.25) is 0 Å². The van der Waals surface area contributed by atoms with Crippen LogP contribution in [-0.4, -0.2) is 14.8 Å². The summed E-state index contributed by atoms with van der Waals surface area (Å²) in [5.74, 6) is 2.31. The molecule has 1 aromatic rings. The number of nitrogens with one attached hydrogen (secondary N) is 1. The molecule has 0 saturated heterocycles. The van der Waals surface area contributed by atoms with E-state index in [9.17, 15) is 4.79 Å². The standard InChI is InChI=1S/C5H5N3O/c1-2-3-8-4-6-7-5(8)9/h1,4H,3H2,(H,7,9). The topological polar surface area (TPSA) is 50.7 Å². The third-order valence-electron chi connectivity index (χ3n) is 0.880. The molecule has 46 valence electrons. The lowest BCUT2D eigenvalue weighted by atomic mass is 10.7. The molecule has 1 rings (SSSR count). The van der Waals surface area contributed by atoms with Gasteiger partial charge in [0.25, 0.3) is 0 Å². The van der Waals surface area contributed by atoms with E-state index in [4.69, 9.17) is 6.42 Å². The molecule has 0 spiro atoms. The number of H-pyrrole nitrogens is 1. The van der Waals surface area contributed by atoms with E-state index in [0.717, 1.165) is 0 Å². The van der Waals surface area contributed by atoms with E-state index >= 15 is 0 Å². The molecule has 0 aromatic carbocycles. The summed E-state index contributed by atoms with van der Waals surface area (Å²) in [4.78, 5) is 10.6. The van der Waals surface area contributed by atoms with Crippen LogP contribution in [0.1, 0.15) is 0 Å². The Bertz CT molecular complexity index is 277. The highest BCUT2D eigenvalue weighted by molar-refractivity contribution is 4.85. The normalized spacial score (nSPS) is 8.78. The average molecular weight is 123 g/mol. The fourth-order valence-corrected chi connectivity index (χ4v) is 0.481. The van der Waals surface area contributed by atoms with Crippen LogP contribution in [-0.2, 0) is 6.54 Å². The van der Waals surface area contributed by atoms with E-state index in [1.807, 2.05) is 0 Å². The molecule has 0 unspecified atom stereocenters. The average Bonchev–Trinajstić information content (AvgIpc) is 2.18. The number of nitrogens with zero attached hydrogens (tertiary/aromatic N) is 2. The van der Waals surface area contributed by atoms with E-state index in [-0.39, 0.29) is 12.2 Å². The fourth-order valence-electron chi connectivity index (χ4n) is 0.481. The monoisotopic (exact) mass is 123 g/mol. The Balaban J connectivity index is 2.98. The molecular weight excluding hydrogens is 118 g/mol. The van der Waals surface area contributed by atoms with Gasteiger partial charge in [0.1, 0.15) is 6.33 Å². The molecule has 0 aliphatic rings. The second-order valence-corrected chi connectivity index (χ2v) is 1.49. The predicted octanol–water partition coefficient (Wildman–Crippen LogP) is -0.795. The van der Waals surface area contributed by atoms with Crippen molar-refractivity contribution in [3.05, 3.63) is 16.8 Å². The Morgan fingerprint density at radius 3 is 3.22 bits per heavy atom. The zero-order valence-corrected chi connectivity index (χ0v) is 4.66. The van der Waals surface area contributed by atoms with Crippen LogP contribution in [0, 0.1) is 12.3 Å². The molecule has 1 aromatic heterocycles. The number of hydrogen-bond donors (Lipinski definition) is 1. The van der Waals surface area contributed by atoms with Crippen molar-refractivity contribution in [2.45, 2.75) is 6.54 Å². The zero-order valence-electron chi connectivity index (χ0n) is 4.66. The lowest BCUT2D eigenvalue weighted by Gasteiger charge is -1.85. The van der Waals surface area contributed by atoms with Gasteiger partial charge in [0.2, 0.25) is 0 Å². The number of aromatic nitrogens is 3.